The van der Waals surface area contributed by atoms with Gasteiger partial charge in [0, 0.05) is 12.3 Å². The Balaban J connectivity index is 2.24. The minimum Gasteiger partial charge on any atom is -0.299 e. The van der Waals surface area contributed by atoms with Gasteiger partial charge >= 0.3 is 0 Å². The lowest BCUT2D eigenvalue weighted by Gasteiger charge is -2.19. The Bertz CT molecular complexity index is 170. The molecule has 1 nitrogen and oxygen atoms in total. The molecule has 0 heterocycles. The Hall–Kier alpha value is -0.590. The van der Waals surface area contributed by atoms with Crippen LogP contribution in [0.3, 0.4) is 0 Å². The molecule has 1 aliphatic carbocycles. The van der Waals surface area contributed by atoms with Crippen molar-refractivity contribution in [3.05, 3.63) is 12.2 Å². The standard InChI is InChI=1S/C11H18O/c1-2-3-4-7-10-8-5-6-9-11(10)12/h2-3,10H,4-9H2,1H3/b3-2+. The highest BCUT2D eigenvalue weighted by Crippen LogP contribution is 2.24. The van der Waals surface area contributed by atoms with E-state index in [1.54, 1.807) is 0 Å². The molecule has 68 valence electrons. The van der Waals surface area contributed by atoms with Crippen molar-refractivity contribution in [1.82, 2.24) is 0 Å². The van der Waals surface area contributed by atoms with Gasteiger partial charge in [-0.15, -0.1) is 0 Å². The van der Waals surface area contributed by atoms with Crippen LogP contribution in [0.25, 0.3) is 0 Å². The van der Waals surface area contributed by atoms with E-state index in [4.69, 9.17) is 0 Å². The summed E-state index contributed by atoms with van der Waals surface area (Å²) in [5, 5.41) is 0. The molecule has 1 rings (SSSR count). The van der Waals surface area contributed by atoms with E-state index in [2.05, 4.69) is 12.2 Å². The van der Waals surface area contributed by atoms with Crippen molar-refractivity contribution in [2.45, 2.75) is 45.4 Å². The van der Waals surface area contributed by atoms with Crippen molar-refractivity contribution in [2.75, 3.05) is 0 Å². The second-order valence-electron chi connectivity index (χ2n) is 3.56. The molecule has 1 aliphatic rings. The summed E-state index contributed by atoms with van der Waals surface area (Å²) in [7, 11) is 0. The Morgan fingerprint density at radius 3 is 3.00 bits per heavy atom. The van der Waals surface area contributed by atoms with E-state index >= 15 is 0 Å². The molecule has 1 atom stereocenters. The van der Waals surface area contributed by atoms with Crippen molar-refractivity contribution in [1.29, 1.82) is 0 Å². The molecule has 0 saturated heterocycles. The summed E-state index contributed by atoms with van der Waals surface area (Å²) in [5.74, 6) is 0.890. The van der Waals surface area contributed by atoms with Crippen LogP contribution in [0.2, 0.25) is 0 Å². The second-order valence-corrected chi connectivity index (χ2v) is 3.56. The summed E-state index contributed by atoms with van der Waals surface area (Å²) in [5.41, 5.74) is 0. The van der Waals surface area contributed by atoms with Crippen LogP contribution in [0.15, 0.2) is 12.2 Å². The van der Waals surface area contributed by atoms with Gasteiger partial charge in [0.15, 0.2) is 0 Å². The number of allylic oxidation sites excluding steroid dienone is 2. The summed E-state index contributed by atoms with van der Waals surface area (Å²) in [6.45, 7) is 2.03. The first-order valence-corrected chi connectivity index (χ1v) is 4.98. The summed E-state index contributed by atoms with van der Waals surface area (Å²) in [4.78, 5) is 11.4. The summed E-state index contributed by atoms with van der Waals surface area (Å²) in [6, 6.07) is 0. The van der Waals surface area contributed by atoms with Gasteiger partial charge in [0.2, 0.25) is 0 Å². The third kappa shape index (κ3) is 2.80. The minimum atomic E-state index is 0.384. The quantitative estimate of drug-likeness (QED) is 0.589. The summed E-state index contributed by atoms with van der Waals surface area (Å²) in [6.07, 6.45) is 10.7. The van der Waals surface area contributed by atoms with Crippen molar-refractivity contribution in [3.63, 3.8) is 0 Å². The predicted molar refractivity (Wildman–Crippen MR) is 51.0 cm³/mol. The second kappa shape index (κ2) is 5.13. The SMILES string of the molecule is C/C=C/CCC1CCCCC1=O. The van der Waals surface area contributed by atoms with Gasteiger partial charge in [-0.1, -0.05) is 18.6 Å². The molecular weight excluding hydrogens is 148 g/mol. The Morgan fingerprint density at radius 2 is 2.33 bits per heavy atom. The molecule has 0 aromatic rings. The summed E-state index contributed by atoms with van der Waals surface area (Å²) < 4.78 is 0. The van der Waals surface area contributed by atoms with Crippen molar-refractivity contribution in [3.8, 4) is 0 Å². The molecule has 1 fully saturated rings. The number of ketones is 1. The number of carbonyl (C=O) groups is 1. The van der Waals surface area contributed by atoms with Crippen LogP contribution in [0, 0.1) is 5.92 Å². The number of carbonyl (C=O) groups excluding carboxylic acids is 1. The van der Waals surface area contributed by atoms with Gasteiger partial charge in [0.1, 0.15) is 5.78 Å². The molecule has 12 heavy (non-hydrogen) atoms. The van der Waals surface area contributed by atoms with Crippen molar-refractivity contribution in [2.24, 2.45) is 5.92 Å². The van der Waals surface area contributed by atoms with Crippen LogP contribution in [0.4, 0.5) is 0 Å². The van der Waals surface area contributed by atoms with Crippen LogP contribution >= 0.6 is 0 Å². The van der Waals surface area contributed by atoms with Crippen molar-refractivity contribution < 1.29 is 4.79 Å². The van der Waals surface area contributed by atoms with Gasteiger partial charge in [0.25, 0.3) is 0 Å². The fraction of sp³-hybridized carbons (Fsp3) is 0.727. The van der Waals surface area contributed by atoms with Crippen LogP contribution in [-0.4, -0.2) is 5.78 Å². The Labute approximate surface area is 74.9 Å². The van der Waals surface area contributed by atoms with E-state index in [-0.39, 0.29) is 0 Å². The lowest BCUT2D eigenvalue weighted by Crippen LogP contribution is -2.18. The molecule has 0 N–H and O–H groups in total. The number of hydrogen-bond acceptors (Lipinski definition) is 1. The third-order valence-electron chi connectivity index (χ3n) is 2.60. The molecule has 0 spiro atoms. The van der Waals surface area contributed by atoms with Crippen molar-refractivity contribution >= 4 is 5.78 Å². The van der Waals surface area contributed by atoms with Crippen LogP contribution in [-0.2, 0) is 4.79 Å². The maximum Gasteiger partial charge on any atom is 0.135 e. The zero-order chi connectivity index (χ0) is 8.81. The molecule has 0 radical (unpaired) electrons. The first kappa shape index (κ1) is 9.50. The zero-order valence-electron chi connectivity index (χ0n) is 7.88. The molecule has 1 saturated carbocycles. The predicted octanol–water partition coefficient (Wildman–Crippen LogP) is 3.10. The molecule has 0 aromatic heterocycles. The van der Waals surface area contributed by atoms with Gasteiger partial charge in [-0.05, 0) is 32.6 Å². The topological polar surface area (TPSA) is 17.1 Å². The molecule has 1 unspecified atom stereocenters. The Morgan fingerprint density at radius 1 is 1.50 bits per heavy atom. The summed E-state index contributed by atoms with van der Waals surface area (Å²) >= 11 is 0. The number of hydrogen-bond donors (Lipinski definition) is 0. The van der Waals surface area contributed by atoms with Crippen LogP contribution in [0.1, 0.15) is 45.4 Å². The smallest absolute Gasteiger partial charge is 0.135 e. The normalized spacial score (nSPS) is 25.1. The molecular formula is C11H18O. The van der Waals surface area contributed by atoms with E-state index in [1.165, 1.54) is 6.42 Å². The van der Waals surface area contributed by atoms with E-state index in [1.807, 2.05) is 6.92 Å². The average Bonchev–Trinajstić information content (AvgIpc) is 2.09. The van der Waals surface area contributed by atoms with Crippen LogP contribution < -0.4 is 0 Å². The van der Waals surface area contributed by atoms with E-state index < -0.39 is 0 Å². The average molecular weight is 166 g/mol. The van der Waals surface area contributed by atoms with Gasteiger partial charge in [-0.3, -0.25) is 4.79 Å². The highest BCUT2D eigenvalue weighted by atomic mass is 16.1. The monoisotopic (exact) mass is 166 g/mol. The number of rotatable bonds is 3. The first-order chi connectivity index (χ1) is 5.84. The van der Waals surface area contributed by atoms with Gasteiger partial charge in [-0.2, -0.15) is 0 Å². The fourth-order valence-corrected chi connectivity index (χ4v) is 1.82. The zero-order valence-corrected chi connectivity index (χ0v) is 7.88. The van der Waals surface area contributed by atoms with E-state index in [9.17, 15) is 4.79 Å². The number of Topliss-reactive ketones (excluding diaryl/α,β-unsaturated/α-hetero) is 1. The van der Waals surface area contributed by atoms with E-state index in [0.717, 1.165) is 32.1 Å². The maximum atomic E-state index is 11.4. The Kier molecular flexibility index (Phi) is 4.06. The highest BCUT2D eigenvalue weighted by Gasteiger charge is 2.20. The van der Waals surface area contributed by atoms with Crippen LogP contribution in [0.5, 0.6) is 0 Å². The maximum absolute atomic E-state index is 11.4. The fourth-order valence-electron chi connectivity index (χ4n) is 1.82. The third-order valence-corrected chi connectivity index (χ3v) is 2.60. The van der Waals surface area contributed by atoms with Gasteiger partial charge in [-0.25, -0.2) is 0 Å². The minimum absolute atomic E-state index is 0.384. The lowest BCUT2D eigenvalue weighted by molar-refractivity contribution is -0.124. The molecule has 0 aliphatic heterocycles. The largest absolute Gasteiger partial charge is 0.299 e. The molecule has 1 heteroatoms. The first-order valence-electron chi connectivity index (χ1n) is 4.98. The van der Waals surface area contributed by atoms with E-state index in [0.29, 0.717) is 11.7 Å². The highest BCUT2D eigenvalue weighted by molar-refractivity contribution is 5.81. The molecule has 0 aromatic carbocycles. The van der Waals surface area contributed by atoms with Gasteiger partial charge in [0.05, 0.1) is 0 Å². The lowest BCUT2D eigenvalue weighted by atomic mass is 9.85. The molecule has 0 amide bonds. The molecule has 0 bridgehead atoms. The van der Waals surface area contributed by atoms with Gasteiger partial charge < -0.3 is 0 Å².